The Morgan fingerprint density at radius 1 is 1.06 bits per heavy atom. The molecule has 0 aliphatic heterocycles. The minimum Gasteiger partial charge on any atom is -0.312 e. The quantitative estimate of drug-likeness (QED) is 0.822. The van der Waals surface area contributed by atoms with Crippen molar-refractivity contribution in [1.29, 1.82) is 0 Å². The van der Waals surface area contributed by atoms with E-state index in [9.17, 15) is 13.2 Å². The lowest BCUT2D eigenvalue weighted by Gasteiger charge is -2.31. The monoisotopic (exact) mass is 231 g/mol. The van der Waals surface area contributed by atoms with Gasteiger partial charge < -0.3 is 5.32 Å². The molecule has 1 atom stereocenters. The molecule has 0 saturated heterocycles. The first kappa shape index (κ1) is 13.0. The fourth-order valence-corrected chi connectivity index (χ4v) is 1.84. The lowest BCUT2D eigenvalue weighted by atomic mass is 9.82. The summed E-state index contributed by atoms with van der Waals surface area (Å²) < 4.78 is 39.9. The molecule has 0 amide bonds. The smallest absolute Gasteiger partial charge is 0.133 e. The van der Waals surface area contributed by atoms with Crippen LogP contribution in [0.25, 0.3) is 0 Å². The molecule has 90 valence electrons. The van der Waals surface area contributed by atoms with Crippen molar-refractivity contribution in [3.63, 3.8) is 0 Å². The number of nitrogens with one attached hydrogen (secondary N) is 1. The fraction of sp³-hybridized carbons (Fsp3) is 0.500. The predicted octanol–water partition coefficient (Wildman–Crippen LogP) is 3.41. The molecule has 0 bridgehead atoms. The second-order valence-corrected chi connectivity index (χ2v) is 4.87. The largest absolute Gasteiger partial charge is 0.312 e. The molecule has 1 N–H and O–H groups in total. The van der Waals surface area contributed by atoms with E-state index in [1.807, 2.05) is 20.8 Å². The normalized spacial score (nSPS) is 13.9. The van der Waals surface area contributed by atoms with Crippen LogP contribution in [0, 0.1) is 22.9 Å². The van der Waals surface area contributed by atoms with Crippen LogP contribution in [-0.2, 0) is 0 Å². The first-order valence-corrected chi connectivity index (χ1v) is 5.09. The Balaban J connectivity index is 3.31. The van der Waals surface area contributed by atoms with Crippen LogP contribution in [0.4, 0.5) is 13.2 Å². The number of hydrogen-bond acceptors (Lipinski definition) is 1. The van der Waals surface area contributed by atoms with E-state index in [0.717, 1.165) is 0 Å². The summed E-state index contributed by atoms with van der Waals surface area (Å²) in [6.45, 7) is 5.57. The third-order valence-electron chi connectivity index (χ3n) is 2.49. The zero-order valence-electron chi connectivity index (χ0n) is 9.87. The van der Waals surface area contributed by atoms with Crippen LogP contribution >= 0.6 is 0 Å². The Hall–Kier alpha value is -1.03. The van der Waals surface area contributed by atoms with Crippen molar-refractivity contribution in [2.45, 2.75) is 26.8 Å². The van der Waals surface area contributed by atoms with E-state index < -0.39 is 23.5 Å². The van der Waals surface area contributed by atoms with Gasteiger partial charge in [0.1, 0.15) is 17.5 Å². The Morgan fingerprint density at radius 3 is 1.81 bits per heavy atom. The topological polar surface area (TPSA) is 12.0 Å². The van der Waals surface area contributed by atoms with Crippen LogP contribution in [-0.4, -0.2) is 7.05 Å². The minimum absolute atomic E-state index is 0.114. The van der Waals surface area contributed by atoms with E-state index >= 15 is 0 Å². The highest BCUT2D eigenvalue weighted by Crippen LogP contribution is 2.35. The molecule has 0 spiro atoms. The van der Waals surface area contributed by atoms with Gasteiger partial charge in [0, 0.05) is 23.7 Å². The van der Waals surface area contributed by atoms with E-state index in [2.05, 4.69) is 5.32 Å². The molecule has 0 aliphatic rings. The molecule has 0 heterocycles. The van der Waals surface area contributed by atoms with Crippen molar-refractivity contribution in [1.82, 2.24) is 5.32 Å². The maximum Gasteiger partial charge on any atom is 0.133 e. The zero-order chi connectivity index (χ0) is 12.5. The lowest BCUT2D eigenvalue weighted by Crippen LogP contribution is -2.31. The zero-order valence-corrected chi connectivity index (χ0v) is 9.87. The summed E-state index contributed by atoms with van der Waals surface area (Å²) in [5.74, 6) is -2.61. The number of hydrogen-bond donors (Lipinski definition) is 1. The molecule has 0 radical (unpaired) electrons. The van der Waals surface area contributed by atoms with Crippen LogP contribution < -0.4 is 5.32 Å². The highest BCUT2D eigenvalue weighted by molar-refractivity contribution is 5.25. The van der Waals surface area contributed by atoms with E-state index in [-0.39, 0.29) is 11.0 Å². The number of halogens is 3. The summed E-state index contributed by atoms with van der Waals surface area (Å²) in [7, 11) is 1.62. The van der Waals surface area contributed by atoms with Gasteiger partial charge in [-0.3, -0.25) is 0 Å². The molecule has 1 nitrogen and oxygen atoms in total. The van der Waals surface area contributed by atoms with Gasteiger partial charge in [-0.2, -0.15) is 0 Å². The van der Waals surface area contributed by atoms with Gasteiger partial charge in [-0.15, -0.1) is 0 Å². The third kappa shape index (κ3) is 2.55. The SMILES string of the molecule is CNC(c1c(F)cc(F)cc1F)C(C)(C)C. The van der Waals surface area contributed by atoms with Gasteiger partial charge in [-0.25, -0.2) is 13.2 Å². The average molecular weight is 231 g/mol. The van der Waals surface area contributed by atoms with Gasteiger partial charge in [0.25, 0.3) is 0 Å². The van der Waals surface area contributed by atoms with Crippen LogP contribution in [0.15, 0.2) is 12.1 Å². The molecule has 1 rings (SSSR count). The fourth-order valence-electron chi connectivity index (χ4n) is 1.84. The molecule has 4 heteroatoms. The van der Waals surface area contributed by atoms with Gasteiger partial charge >= 0.3 is 0 Å². The summed E-state index contributed by atoms with van der Waals surface area (Å²) in [5.41, 5.74) is -0.481. The Morgan fingerprint density at radius 2 is 1.50 bits per heavy atom. The first-order valence-electron chi connectivity index (χ1n) is 5.09. The number of benzene rings is 1. The summed E-state index contributed by atoms with van der Waals surface area (Å²) in [6, 6.07) is 0.899. The average Bonchev–Trinajstić information content (AvgIpc) is 2.08. The predicted molar refractivity (Wildman–Crippen MR) is 57.6 cm³/mol. The summed E-state index contributed by atoms with van der Waals surface area (Å²) in [6.07, 6.45) is 0. The standard InChI is InChI=1S/C12H16F3N/c1-12(2,3)11(16-4)10-8(14)5-7(13)6-9(10)15/h5-6,11,16H,1-4H3. The van der Waals surface area contributed by atoms with E-state index in [4.69, 9.17) is 0 Å². The Bertz CT molecular complexity index is 359. The molecule has 16 heavy (non-hydrogen) atoms. The number of rotatable bonds is 2. The Kier molecular flexibility index (Phi) is 3.63. The van der Waals surface area contributed by atoms with Crippen molar-refractivity contribution in [2.24, 2.45) is 5.41 Å². The Labute approximate surface area is 93.7 Å². The molecular formula is C12H16F3N. The molecule has 1 unspecified atom stereocenters. The van der Waals surface area contributed by atoms with Crippen molar-refractivity contribution in [3.8, 4) is 0 Å². The summed E-state index contributed by atoms with van der Waals surface area (Å²) in [5, 5.41) is 2.86. The van der Waals surface area contributed by atoms with Crippen LogP contribution in [0.2, 0.25) is 0 Å². The summed E-state index contributed by atoms with van der Waals surface area (Å²) >= 11 is 0. The van der Waals surface area contributed by atoms with Crippen LogP contribution in [0.5, 0.6) is 0 Å². The van der Waals surface area contributed by atoms with Crippen molar-refractivity contribution in [2.75, 3.05) is 7.05 Å². The van der Waals surface area contributed by atoms with Crippen molar-refractivity contribution < 1.29 is 13.2 Å². The highest BCUT2D eigenvalue weighted by atomic mass is 19.1. The van der Waals surface area contributed by atoms with Gasteiger partial charge in [-0.1, -0.05) is 20.8 Å². The molecule has 1 aromatic carbocycles. The van der Waals surface area contributed by atoms with Gasteiger partial charge in [0.15, 0.2) is 0 Å². The third-order valence-corrected chi connectivity index (χ3v) is 2.49. The maximum absolute atomic E-state index is 13.6. The second kappa shape index (κ2) is 4.45. The molecular weight excluding hydrogens is 215 g/mol. The molecule has 0 aromatic heterocycles. The second-order valence-electron chi connectivity index (χ2n) is 4.87. The highest BCUT2D eigenvalue weighted by Gasteiger charge is 2.30. The van der Waals surface area contributed by atoms with Crippen molar-refractivity contribution >= 4 is 0 Å². The van der Waals surface area contributed by atoms with Crippen LogP contribution in [0.3, 0.4) is 0 Å². The van der Waals surface area contributed by atoms with E-state index in [1.165, 1.54) is 0 Å². The maximum atomic E-state index is 13.6. The minimum atomic E-state index is -0.900. The van der Waals surface area contributed by atoms with Crippen molar-refractivity contribution in [3.05, 3.63) is 35.1 Å². The molecule has 1 aromatic rings. The van der Waals surface area contributed by atoms with E-state index in [0.29, 0.717) is 12.1 Å². The lowest BCUT2D eigenvalue weighted by molar-refractivity contribution is 0.271. The van der Waals surface area contributed by atoms with E-state index in [1.54, 1.807) is 7.05 Å². The molecule has 0 aliphatic carbocycles. The molecule has 0 fully saturated rings. The van der Waals surface area contributed by atoms with Gasteiger partial charge in [0.05, 0.1) is 0 Å². The van der Waals surface area contributed by atoms with Crippen LogP contribution in [0.1, 0.15) is 32.4 Å². The summed E-state index contributed by atoms with van der Waals surface area (Å²) in [4.78, 5) is 0. The first-order chi connectivity index (χ1) is 7.27. The van der Waals surface area contributed by atoms with Gasteiger partial charge in [0.2, 0.25) is 0 Å². The van der Waals surface area contributed by atoms with Gasteiger partial charge in [-0.05, 0) is 12.5 Å². The molecule has 0 saturated carbocycles.